The Labute approximate surface area is 78.8 Å². The minimum Gasteiger partial charge on any atom is -0.448 e. The summed E-state index contributed by atoms with van der Waals surface area (Å²) in [5.74, 6) is 5.39. The molecule has 0 aliphatic carbocycles. The smallest absolute Gasteiger partial charge is 0.426 e. The zero-order valence-electron chi connectivity index (χ0n) is 8.45. The molecule has 0 aromatic heterocycles. The average molecular weight is 190 g/mol. The molecular weight excluding hydrogens is 172 g/mol. The van der Waals surface area contributed by atoms with E-state index in [1.165, 1.54) is 7.11 Å². The molecule has 0 heterocycles. The van der Waals surface area contributed by atoms with Gasteiger partial charge in [0.25, 0.3) is 0 Å². The van der Waals surface area contributed by atoms with E-state index in [-0.39, 0.29) is 0 Å². The van der Waals surface area contributed by atoms with Gasteiger partial charge in [-0.2, -0.15) is 0 Å². The van der Waals surface area contributed by atoms with E-state index in [2.05, 4.69) is 0 Å². The van der Waals surface area contributed by atoms with E-state index in [0.717, 1.165) is 17.9 Å². The molecule has 0 aliphatic heterocycles. The summed E-state index contributed by atoms with van der Waals surface area (Å²) in [6, 6.07) is 0. The largest absolute Gasteiger partial charge is 0.448 e. The summed E-state index contributed by atoms with van der Waals surface area (Å²) in [6.45, 7) is 4.09. The lowest BCUT2D eigenvalue weighted by Crippen LogP contribution is -2.45. The van der Waals surface area contributed by atoms with Crippen LogP contribution in [0.2, 0.25) is 0 Å². The zero-order valence-corrected chi connectivity index (χ0v) is 8.45. The van der Waals surface area contributed by atoms with Crippen LogP contribution in [0.1, 0.15) is 26.7 Å². The quantitative estimate of drug-likeness (QED) is 0.232. The number of rotatable bonds is 5. The van der Waals surface area contributed by atoms with Crippen molar-refractivity contribution < 1.29 is 14.3 Å². The van der Waals surface area contributed by atoms with Crippen molar-refractivity contribution in [2.24, 2.45) is 5.84 Å². The van der Waals surface area contributed by atoms with Gasteiger partial charge >= 0.3 is 6.09 Å². The van der Waals surface area contributed by atoms with Gasteiger partial charge in [-0.05, 0) is 13.3 Å². The number of hydrogen-bond acceptors (Lipinski definition) is 4. The van der Waals surface area contributed by atoms with Crippen molar-refractivity contribution in [2.45, 2.75) is 32.9 Å². The minimum absolute atomic E-state index is 0.402. The van der Waals surface area contributed by atoms with Crippen LogP contribution in [0.25, 0.3) is 0 Å². The Balaban J connectivity index is 3.69. The highest BCUT2D eigenvalue weighted by Gasteiger charge is 2.16. The Morgan fingerprint density at radius 1 is 1.62 bits per heavy atom. The number of carbonyl (C=O) groups is 1. The lowest BCUT2D eigenvalue weighted by atomic mass is 10.4. The average Bonchev–Trinajstić information content (AvgIpc) is 2.15. The fourth-order valence-electron chi connectivity index (χ4n) is 0.640. The van der Waals surface area contributed by atoms with Crippen molar-refractivity contribution >= 4 is 6.09 Å². The molecule has 78 valence electrons. The van der Waals surface area contributed by atoms with E-state index in [0.29, 0.717) is 6.61 Å². The van der Waals surface area contributed by atoms with Crippen LogP contribution in [0, 0.1) is 0 Å². The summed E-state index contributed by atoms with van der Waals surface area (Å²) < 4.78 is 9.69. The summed E-state index contributed by atoms with van der Waals surface area (Å²) in [5, 5.41) is 0.926. The first-order valence-electron chi connectivity index (χ1n) is 4.37. The van der Waals surface area contributed by atoms with Gasteiger partial charge in [-0.25, -0.2) is 15.6 Å². The molecule has 5 nitrogen and oxygen atoms in total. The molecule has 0 bridgehead atoms. The number of hydrazine groups is 1. The van der Waals surface area contributed by atoms with E-state index in [1.54, 1.807) is 6.92 Å². The number of nitrogens with two attached hydrogens (primary N) is 1. The van der Waals surface area contributed by atoms with Crippen molar-refractivity contribution in [2.75, 3.05) is 13.7 Å². The number of amides is 1. The predicted molar refractivity (Wildman–Crippen MR) is 48.8 cm³/mol. The highest BCUT2D eigenvalue weighted by molar-refractivity contribution is 5.66. The van der Waals surface area contributed by atoms with Crippen LogP contribution in [0.15, 0.2) is 0 Å². The molecule has 0 fully saturated rings. The number of methoxy groups -OCH3 is 1. The number of ether oxygens (including phenoxy) is 2. The Morgan fingerprint density at radius 3 is 2.69 bits per heavy atom. The molecule has 5 heteroatoms. The maximum atomic E-state index is 11.1. The summed E-state index contributed by atoms with van der Waals surface area (Å²) in [4.78, 5) is 11.1. The predicted octanol–water partition coefficient (Wildman–Crippen LogP) is 1.09. The molecule has 0 saturated heterocycles. The molecule has 0 rings (SSSR count). The van der Waals surface area contributed by atoms with Crippen LogP contribution in [0.3, 0.4) is 0 Å². The number of hydrogen-bond donors (Lipinski definition) is 1. The van der Waals surface area contributed by atoms with Gasteiger partial charge < -0.3 is 9.47 Å². The number of carbonyl (C=O) groups excluding carboxylic acids is 1. The molecule has 1 atom stereocenters. The SMILES string of the molecule is CCCCOC(=O)N(N)C(C)OC. The molecule has 0 aliphatic rings. The summed E-state index contributed by atoms with van der Waals surface area (Å²) >= 11 is 0. The van der Waals surface area contributed by atoms with Crippen LogP contribution in [0.5, 0.6) is 0 Å². The molecule has 13 heavy (non-hydrogen) atoms. The standard InChI is InChI=1S/C8H18N2O3/c1-4-5-6-13-8(11)10(9)7(2)12-3/h7H,4-6,9H2,1-3H3. The topological polar surface area (TPSA) is 64.8 Å². The molecule has 1 unspecified atom stereocenters. The normalized spacial score (nSPS) is 12.3. The first kappa shape index (κ1) is 12.2. The van der Waals surface area contributed by atoms with Gasteiger partial charge in [-0.15, -0.1) is 0 Å². The first-order valence-corrected chi connectivity index (χ1v) is 4.37. The second-order valence-corrected chi connectivity index (χ2v) is 2.71. The van der Waals surface area contributed by atoms with E-state index in [4.69, 9.17) is 15.3 Å². The molecule has 0 radical (unpaired) electrons. The minimum atomic E-state index is -0.553. The molecule has 1 amide bonds. The Hall–Kier alpha value is -0.810. The van der Waals surface area contributed by atoms with Gasteiger partial charge in [0, 0.05) is 7.11 Å². The highest BCUT2D eigenvalue weighted by atomic mass is 16.6. The monoisotopic (exact) mass is 190 g/mol. The zero-order chi connectivity index (χ0) is 10.3. The van der Waals surface area contributed by atoms with Crippen molar-refractivity contribution in [1.29, 1.82) is 0 Å². The molecule has 2 N–H and O–H groups in total. The van der Waals surface area contributed by atoms with Gasteiger partial charge in [-0.1, -0.05) is 13.3 Å². The van der Waals surface area contributed by atoms with Gasteiger partial charge in [-0.3, -0.25) is 0 Å². The Kier molecular flexibility index (Phi) is 6.26. The summed E-state index contributed by atoms with van der Waals surface area (Å²) in [5.41, 5.74) is 0. The third kappa shape index (κ3) is 4.69. The van der Waals surface area contributed by atoms with Gasteiger partial charge in [0.15, 0.2) is 0 Å². The Morgan fingerprint density at radius 2 is 2.23 bits per heavy atom. The lowest BCUT2D eigenvalue weighted by Gasteiger charge is -2.21. The summed E-state index contributed by atoms with van der Waals surface area (Å²) in [7, 11) is 1.48. The maximum Gasteiger partial charge on any atom is 0.426 e. The van der Waals surface area contributed by atoms with Crippen LogP contribution in [-0.4, -0.2) is 31.0 Å². The third-order valence-electron chi connectivity index (χ3n) is 1.67. The fraction of sp³-hybridized carbons (Fsp3) is 0.875. The van der Waals surface area contributed by atoms with E-state index in [9.17, 15) is 4.79 Å². The van der Waals surface area contributed by atoms with Crippen molar-refractivity contribution in [3.63, 3.8) is 0 Å². The van der Waals surface area contributed by atoms with E-state index in [1.807, 2.05) is 6.92 Å². The summed E-state index contributed by atoms with van der Waals surface area (Å²) in [6.07, 6.45) is 0.815. The van der Waals surface area contributed by atoms with Crippen molar-refractivity contribution in [1.82, 2.24) is 5.01 Å². The highest BCUT2D eigenvalue weighted by Crippen LogP contribution is 1.97. The number of unbranched alkanes of at least 4 members (excludes halogenated alkanes) is 1. The second-order valence-electron chi connectivity index (χ2n) is 2.71. The molecule has 0 spiro atoms. The maximum absolute atomic E-state index is 11.1. The van der Waals surface area contributed by atoms with Crippen LogP contribution in [0.4, 0.5) is 4.79 Å². The molecular formula is C8H18N2O3. The third-order valence-corrected chi connectivity index (χ3v) is 1.67. The first-order chi connectivity index (χ1) is 6.13. The fourth-order valence-corrected chi connectivity index (χ4v) is 0.640. The van der Waals surface area contributed by atoms with Crippen molar-refractivity contribution in [3.05, 3.63) is 0 Å². The molecule has 0 aromatic carbocycles. The van der Waals surface area contributed by atoms with Crippen molar-refractivity contribution in [3.8, 4) is 0 Å². The van der Waals surface area contributed by atoms with Gasteiger partial charge in [0.1, 0.15) is 6.23 Å². The van der Waals surface area contributed by atoms with Crippen LogP contribution >= 0.6 is 0 Å². The van der Waals surface area contributed by atoms with Crippen LogP contribution in [-0.2, 0) is 9.47 Å². The van der Waals surface area contributed by atoms with E-state index >= 15 is 0 Å². The molecule has 0 saturated carbocycles. The Bertz CT molecular complexity index is 152. The van der Waals surface area contributed by atoms with E-state index < -0.39 is 12.3 Å². The van der Waals surface area contributed by atoms with Gasteiger partial charge in [0.05, 0.1) is 6.61 Å². The number of nitrogens with zero attached hydrogens (tertiary/aromatic N) is 1. The molecule has 0 aromatic rings. The van der Waals surface area contributed by atoms with Gasteiger partial charge in [0.2, 0.25) is 0 Å². The lowest BCUT2D eigenvalue weighted by molar-refractivity contribution is -0.0190. The second kappa shape index (κ2) is 6.68. The van der Waals surface area contributed by atoms with Crippen LogP contribution < -0.4 is 5.84 Å².